The van der Waals surface area contributed by atoms with Crippen LogP contribution in [0.15, 0.2) is 0 Å². The van der Waals surface area contributed by atoms with Crippen molar-refractivity contribution in [1.82, 2.24) is 9.97 Å². The number of carbonyl (C=O) groups excluding carboxylic acids is 1. The number of halogens is 1. The predicted octanol–water partition coefficient (Wildman–Crippen LogP) is 2.27. The summed E-state index contributed by atoms with van der Waals surface area (Å²) in [5, 5.41) is 0.271. The first kappa shape index (κ1) is 13.6. The Hall–Kier alpha value is -1.36. The van der Waals surface area contributed by atoms with Crippen molar-refractivity contribution in [2.45, 2.75) is 39.2 Å². The average Bonchev–Trinajstić information content (AvgIpc) is 2.84. The number of anilines is 2. The number of fused-ring (bicyclic) bond motifs is 3. The van der Waals surface area contributed by atoms with E-state index in [0.717, 1.165) is 43.0 Å². The number of carbonyl (C=O) groups is 1. The third kappa shape index (κ3) is 2.04. The Morgan fingerprint density at radius 2 is 2.15 bits per heavy atom. The van der Waals surface area contributed by atoms with Gasteiger partial charge in [0.25, 0.3) is 0 Å². The fraction of sp³-hybridized carbons (Fsp3) is 0.643. The van der Waals surface area contributed by atoms with Crippen LogP contribution in [0.25, 0.3) is 0 Å². The highest BCUT2D eigenvalue weighted by Gasteiger charge is 2.41. The van der Waals surface area contributed by atoms with E-state index in [1.54, 1.807) is 4.90 Å². The lowest BCUT2D eigenvalue weighted by molar-refractivity contribution is -0.119. The van der Waals surface area contributed by atoms with Crippen molar-refractivity contribution in [2.24, 2.45) is 5.92 Å². The molecule has 3 rings (SSSR count). The zero-order chi connectivity index (χ0) is 14.4. The van der Waals surface area contributed by atoms with Gasteiger partial charge in [0, 0.05) is 13.6 Å². The van der Waals surface area contributed by atoms with Gasteiger partial charge in [0.05, 0.1) is 5.69 Å². The molecule has 0 saturated carbocycles. The van der Waals surface area contributed by atoms with Crippen molar-refractivity contribution >= 4 is 29.0 Å². The summed E-state index contributed by atoms with van der Waals surface area (Å²) in [5.74, 6) is 1.42. The molecule has 1 amide bonds. The SMILES string of the molecule is CC(C)Cc1nc(Cl)nc2c1N(C)C(=O)[C@H]1CCCN21. The molecule has 0 N–H and O–H groups in total. The fourth-order valence-corrected chi connectivity index (χ4v) is 3.32. The second kappa shape index (κ2) is 4.88. The molecule has 1 atom stereocenters. The number of aromatic nitrogens is 2. The first-order chi connectivity index (χ1) is 9.49. The third-order valence-electron chi connectivity index (χ3n) is 3.99. The van der Waals surface area contributed by atoms with Crippen LogP contribution in [-0.2, 0) is 11.2 Å². The molecule has 0 spiro atoms. The Labute approximate surface area is 123 Å². The van der Waals surface area contributed by atoms with Gasteiger partial charge in [-0.2, -0.15) is 4.98 Å². The predicted molar refractivity (Wildman–Crippen MR) is 79.4 cm³/mol. The molecule has 1 fully saturated rings. The van der Waals surface area contributed by atoms with Gasteiger partial charge in [0.1, 0.15) is 11.7 Å². The summed E-state index contributed by atoms with van der Waals surface area (Å²) in [6.07, 6.45) is 2.70. The van der Waals surface area contributed by atoms with E-state index < -0.39 is 0 Å². The summed E-state index contributed by atoms with van der Waals surface area (Å²) >= 11 is 6.09. The molecule has 2 aliphatic heterocycles. The second-order valence-corrected chi connectivity index (χ2v) is 6.30. The Morgan fingerprint density at radius 1 is 1.40 bits per heavy atom. The van der Waals surface area contributed by atoms with Gasteiger partial charge in [-0.1, -0.05) is 13.8 Å². The molecule has 1 aromatic rings. The minimum atomic E-state index is -0.0784. The van der Waals surface area contributed by atoms with Gasteiger partial charge < -0.3 is 9.80 Å². The van der Waals surface area contributed by atoms with E-state index in [-0.39, 0.29) is 17.2 Å². The number of amides is 1. The van der Waals surface area contributed by atoms with Crippen LogP contribution in [-0.4, -0.2) is 35.5 Å². The van der Waals surface area contributed by atoms with E-state index in [2.05, 4.69) is 28.7 Å². The molecular weight excluding hydrogens is 276 g/mol. The van der Waals surface area contributed by atoms with Crippen LogP contribution >= 0.6 is 11.6 Å². The molecule has 108 valence electrons. The van der Waals surface area contributed by atoms with Crippen molar-refractivity contribution < 1.29 is 4.79 Å². The Balaban J connectivity index is 2.15. The van der Waals surface area contributed by atoms with E-state index in [9.17, 15) is 4.79 Å². The molecule has 0 radical (unpaired) electrons. The van der Waals surface area contributed by atoms with Crippen LogP contribution in [0.5, 0.6) is 0 Å². The lowest BCUT2D eigenvalue weighted by Gasteiger charge is -2.37. The van der Waals surface area contributed by atoms with Gasteiger partial charge in [-0.3, -0.25) is 4.79 Å². The Bertz CT molecular complexity index is 560. The van der Waals surface area contributed by atoms with Crippen LogP contribution < -0.4 is 9.80 Å². The van der Waals surface area contributed by atoms with E-state index in [1.807, 2.05) is 7.05 Å². The summed E-state index contributed by atoms with van der Waals surface area (Å²) in [4.78, 5) is 25.1. The third-order valence-corrected chi connectivity index (χ3v) is 4.16. The van der Waals surface area contributed by atoms with Crippen LogP contribution in [0, 0.1) is 5.92 Å². The molecule has 0 bridgehead atoms. The van der Waals surface area contributed by atoms with Gasteiger partial charge in [-0.25, -0.2) is 4.98 Å². The van der Waals surface area contributed by atoms with Crippen LogP contribution in [0.2, 0.25) is 5.28 Å². The quantitative estimate of drug-likeness (QED) is 0.785. The molecule has 1 saturated heterocycles. The number of likely N-dealkylation sites (N-methyl/N-ethyl adjacent to an activating group) is 1. The van der Waals surface area contributed by atoms with Crippen LogP contribution in [0.1, 0.15) is 32.4 Å². The highest BCUT2D eigenvalue weighted by molar-refractivity contribution is 6.28. The molecule has 1 aromatic heterocycles. The second-order valence-electron chi connectivity index (χ2n) is 5.96. The zero-order valence-electron chi connectivity index (χ0n) is 12.1. The lowest BCUT2D eigenvalue weighted by atomic mass is 10.0. The maximum absolute atomic E-state index is 12.5. The number of hydrogen-bond acceptors (Lipinski definition) is 4. The van der Waals surface area contributed by atoms with Crippen molar-refractivity contribution in [3.05, 3.63) is 11.0 Å². The largest absolute Gasteiger partial charge is 0.343 e. The molecule has 0 unspecified atom stereocenters. The summed E-state index contributed by atoms with van der Waals surface area (Å²) < 4.78 is 0. The summed E-state index contributed by atoms with van der Waals surface area (Å²) in [7, 11) is 1.82. The van der Waals surface area contributed by atoms with Crippen molar-refractivity contribution in [1.29, 1.82) is 0 Å². The van der Waals surface area contributed by atoms with Crippen LogP contribution in [0.3, 0.4) is 0 Å². The van der Waals surface area contributed by atoms with Crippen LogP contribution in [0.4, 0.5) is 11.5 Å². The smallest absolute Gasteiger partial charge is 0.249 e. The van der Waals surface area contributed by atoms with Gasteiger partial charge in [-0.05, 0) is 36.8 Å². The Morgan fingerprint density at radius 3 is 2.85 bits per heavy atom. The molecule has 5 nitrogen and oxygen atoms in total. The standard InChI is InChI=1S/C14H19ClN4O/c1-8(2)7-9-11-12(17-14(15)16-9)19-6-4-5-10(19)13(20)18(11)3/h8,10H,4-7H2,1-3H3/t10-/m1/s1. The molecule has 0 aromatic carbocycles. The molecule has 2 aliphatic rings. The van der Waals surface area contributed by atoms with Gasteiger partial charge in [-0.15, -0.1) is 0 Å². The maximum Gasteiger partial charge on any atom is 0.249 e. The number of rotatable bonds is 2. The van der Waals surface area contributed by atoms with Crippen molar-refractivity contribution in [3.8, 4) is 0 Å². The zero-order valence-corrected chi connectivity index (χ0v) is 12.8. The van der Waals surface area contributed by atoms with Gasteiger partial charge >= 0.3 is 0 Å². The van der Waals surface area contributed by atoms with E-state index in [4.69, 9.17) is 11.6 Å². The first-order valence-electron chi connectivity index (χ1n) is 7.09. The summed E-state index contributed by atoms with van der Waals surface area (Å²) in [6, 6.07) is -0.0784. The maximum atomic E-state index is 12.5. The molecule has 0 aliphatic carbocycles. The van der Waals surface area contributed by atoms with E-state index in [0.29, 0.717) is 5.92 Å². The minimum Gasteiger partial charge on any atom is -0.343 e. The van der Waals surface area contributed by atoms with Gasteiger partial charge in [0.2, 0.25) is 11.2 Å². The van der Waals surface area contributed by atoms with Gasteiger partial charge in [0.15, 0.2) is 5.82 Å². The highest BCUT2D eigenvalue weighted by atomic mass is 35.5. The lowest BCUT2D eigenvalue weighted by Crippen LogP contribution is -2.50. The number of nitrogens with zero attached hydrogens (tertiary/aromatic N) is 4. The minimum absolute atomic E-state index is 0.0784. The first-order valence-corrected chi connectivity index (χ1v) is 7.47. The monoisotopic (exact) mass is 294 g/mol. The molecule has 6 heteroatoms. The topological polar surface area (TPSA) is 49.3 Å². The normalized spacial score (nSPS) is 21.4. The van der Waals surface area contributed by atoms with Crippen molar-refractivity contribution in [2.75, 3.05) is 23.4 Å². The van der Waals surface area contributed by atoms with Crippen molar-refractivity contribution in [3.63, 3.8) is 0 Å². The fourth-order valence-electron chi connectivity index (χ4n) is 3.14. The van der Waals surface area contributed by atoms with E-state index in [1.165, 1.54) is 0 Å². The molecular formula is C14H19ClN4O. The van der Waals surface area contributed by atoms with E-state index >= 15 is 0 Å². The molecule has 3 heterocycles. The summed E-state index contributed by atoms with van der Waals surface area (Å²) in [6.45, 7) is 5.13. The molecule has 20 heavy (non-hydrogen) atoms. The summed E-state index contributed by atoms with van der Waals surface area (Å²) in [5.41, 5.74) is 1.71. The number of hydrogen-bond donors (Lipinski definition) is 0. The Kier molecular flexibility index (Phi) is 3.32. The highest BCUT2D eigenvalue weighted by Crippen LogP contribution is 2.40. The average molecular weight is 295 g/mol.